The highest BCUT2D eigenvalue weighted by Crippen LogP contribution is 2.26. The molecule has 1 fully saturated rings. The van der Waals surface area contributed by atoms with Crippen LogP contribution in [0, 0.1) is 6.92 Å². The number of nitrogens with zero attached hydrogens (tertiary/aromatic N) is 2. The van der Waals surface area contributed by atoms with Gasteiger partial charge in [0.05, 0.1) is 4.90 Å². The molecule has 0 atom stereocenters. The molecule has 1 aromatic carbocycles. The number of amides is 1. The molecule has 1 aromatic rings. The van der Waals surface area contributed by atoms with Crippen LogP contribution in [0.3, 0.4) is 0 Å². The Morgan fingerprint density at radius 3 is 2.31 bits per heavy atom. The first-order chi connectivity index (χ1) is 12.0. The van der Waals surface area contributed by atoms with Crippen molar-refractivity contribution in [1.29, 1.82) is 0 Å². The van der Waals surface area contributed by atoms with Crippen LogP contribution in [-0.2, 0) is 20.2 Å². The summed E-state index contributed by atoms with van der Waals surface area (Å²) in [5, 5.41) is 0. The molecule has 6 nitrogen and oxygen atoms in total. The standard InChI is InChI=1S/C19H31N3O3S/c1-15-6-7-17(19(3,4)5)14-18(15)26(24,25)20-8-9-21-10-12-22(13-11-21)16(2)23/h6-7,14,20H,8-13H2,1-5H3. The quantitative estimate of drug-likeness (QED) is 0.843. The average Bonchev–Trinajstić information content (AvgIpc) is 2.54. The van der Waals surface area contributed by atoms with Crippen LogP contribution < -0.4 is 4.72 Å². The molecule has 0 aliphatic carbocycles. The second kappa shape index (κ2) is 8.06. The highest BCUT2D eigenvalue weighted by Gasteiger charge is 2.22. The van der Waals surface area contributed by atoms with Gasteiger partial charge in [0.25, 0.3) is 0 Å². The minimum atomic E-state index is -3.54. The highest BCUT2D eigenvalue weighted by molar-refractivity contribution is 7.89. The Morgan fingerprint density at radius 2 is 1.77 bits per heavy atom. The highest BCUT2D eigenvalue weighted by atomic mass is 32.2. The van der Waals surface area contributed by atoms with Crippen LogP contribution in [0.4, 0.5) is 0 Å². The van der Waals surface area contributed by atoms with E-state index in [-0.39, 0.29) is 11.3 Å². The van der Waals surface area contributed by atoms with Gasteiger partial charge in [0.2, 0.25) is 15.9 Å². The second-order valence-corrected chi connectivity index (χ2v) is 9.71. The summed E-state index contributed by atoms with van der Waals surface area (Å²) in [6.45, 7) is 13.6. The largest absolute Gasteiger partial charge is 0.340 e. The third-order valence-electron chi connectivity index (χ3n) is 4.88. The number of benzene rings is 1. The number of aryl methyl sites for hydroxylation is 1. The van der Waals surface area contributed by atoms with Crippen LogP contribution in [0.5, 0.6) is 0 Å². The van der Waals surface area contributed by atoms with Gasteiger partial charge in [-0.05, 0) is 29.5 Å². The Labute approximate surface area is 157 Å². The van der Waals surface area contributed by atoms with Crippen LogP contribution in [0.1, 0.15) is 38.8 Å². The fourth-order valence-electron chi connectivity index (χ4n) is 3.06. The van der Waals surface area contributed by atoms with Gasteiger partial charge >= 0.3 is 0 Å². The molecule has 1 aliphatic heterocycles. The van der Waals surface area contributed by atoms with E-state index in [9.17, 15) is 13.2 Å². The molecule has 7 heteroatoms. The van der Waals surface area contributed by atoms with E-state index in [1.165, 1.54) is 0 Å². The molecular weight excluding hydrogens is 350 g/mol. The molecule has 1 amide bonds. The molecule has 1 heterocycles. The SMILES string of the molecule is CC(=O)N1CCN(CCNS(=O)(=O)c2cc(C(C)(C)C)ccc2C)CC1. The number of hydrogen-bond donors (Lipinski definition) is 1. The van der Waals surface area contributed by atoms with Crippen LogP contribution >= 0.6 is 0 Å². The maximum absolute atomic E-state index is 12.7. The van der Waals surface area contributed by atoms with Crippen molar-refractivity contribution < 1.29 is 13.2 Å². The van der Waals surface area contributed by atoms with E-state index >= 15 is 0 Å². The first kappa shape index (κ1) is 20.9. The van der Waals surface area contributed by atoms with Crippen LogP contribution in [0.15, 0.2) is 23.1 Å². The molecule has 26 heavy (non-hydrogen) atoms. The molecule has 1 N–H and O–H groups in total. The first-order valence-corrected chi connectivity index (χ1v) is 10.6. The van der Waals surface area contributed by atoms with Crippen molar-refractivity contribution >= 4 is 15.9 Å². The van der Waals surface area contributed by atoms with Crippen LogP contribution in [0.25, 0.3) is 0 Å². The zero-order valence-electron chi connectivity index (χ0n) is 16.5. The van der Waals surface area contributed by atoms with Crippen molar-refractivity contribution in [3.05, 3.63) is 29.3 Å². The number of hydrogen-bond acceptors (Lipinski definition) is 4. The fraction of sp³-hybridized carbons (Fsp3) is 0.632. The Kier molecular flexibility index (Phi) is 6.47. The fourth-order valence-corrected chi connectivity index (χ4v) is 4.35. The van der Waals surface area contributed by atoms with E-state index in [2.05, 4.69) is 30.4 Å². The smallest absolute Gasteiger partial charge is 0.240 e. The predicted octanol–water partition coefficient (Wildman–Crippen LogP) is 1.73. The molecule has 0 unspecified atom stereocenters. The van der Waals surface area contributed by atoms with Crippen molar-refractivity contribution in [3.63, 3.8) is 0 Å². The van der Waals surface area contributed by atoms with Gasteiger partial charge in [-0.2, -0.15) is 0 Å². The normalized spacial score (nSPS) is 16.7. The Bertz CT molecular complexity index is 746. The summed E-state index contributed by atoms with van der Waals surface area (Å²) in [6.07, 6.45) is 0. The molecule has 2 rings (SSSR count). The van der Waals surface area contributed by atoms with E-state index in [4.69, 9.17) is 0 Å². The number of carbonyl (C=O) groups is 1. The van der Waals surface area contributed by atoms with E-state index in [1.807, 2.05) is 24.0 Å². The number of sulfonamides is 1. The third kappa shape index (κ3) is 5.28. The minimum absolute atomic E-state index is 0.0968. The third-order valence-corrected chi connectivity index (χ3v) is 6.48. The van der Waals surface area contributed by atoms with Gasteiger partial charge in [-0.1, -0.05) is 32.9 Å². The zero-order valence-corrected chi connectivity index (χ0v) is 17.3. The molecule has 0 aromatic heterocycles. The summed E-state index contributed by atoms with van der Waals surface area (Å²) in [5.41, 5.74) is 1.65. The second-order valence-electron chi connectivity index (χ2n) is 7.98. The Hall–Kier alpha value is -1.44. The topological polar surface area (TPSA) is 69.7 Å². The molecule has 0 spiro atoms. The maximum Gasteiger partial charge on any atom is 0.240 e. The van der Waals surface area contributed by atoms with Crippen LogP contribution in [0.2, 0.25) is 0 Å². The van der Waals surface area contributed by atoms with Gasteiger partial charge in [-0.15, -0.1) is 0 Å². The summed E-state index contributed by atoms with van der Waals surface area (Å²) in [6, 6.07) is 5.64. The van der Waals surface area contributed by atoms with Gasteiger partial charge in [0, 0.05) is 46.2 Å². The zero-order chi connectivity index (χ0) is 19.5. The molecule has 1 aliphatic rings. The lowest BCUT2D eigenvalue weighted by Gasteiger charge is -2.34. The summed E-state index contributed by atoms with van der Waals surface area (Å²) in [5.74, 6) is 0.0968. The molecular formula is C19H31N3O3S. The lowest BCUT2D eigenvalue weighted by atomic mass is 9.87. The molecule has 1 saturated heterocycles. The Morgan fingerprint density at radius 1 is 1.15 bits per heavy atom. The average molecular weight is 382 g/mol. The minimum Gasteiger partial charge on any atom is -0.340 e. The number of nitrogens with one attached hydrogen (secondary N) is 1. The van der Waals surface area contributed by atoms with Crippen molar-refractivity contribution in [3.8, 4) is 0 Å². The lowest BCUT2D eigenvalue weighted by molar-refractivity contribution is -0.130. The lowest BCUT2D eigenvalue weighted by Crippen LogP contribution is -2.49. The van der Waals surface area contributed by atoms with E-state index in [0.717, 1.165) is 24.2 Å². The van der Waals surface area contributed by atoms with Gasteiger partial charge in [-0.25, -0.2) is 13.1 Å². The van der Waals surface area contributed by atoms with Crippen molar-refractivity contribution in [2.75, 3.05) is 39.3 Å². The summed E-state index contributed by atoms with van der Waals surface area (Å²) >= 11 is 0. The number of rotatable bonds is 5. The van der Waals surface area contributed by atoms with E-state index < -0.39 is 10.0 Å². The monoisotopic (exact) mass is 381 g/mol. The van der Waals surface area contributed by atoms with Gasteiger partial charge in [0.15, 0.2) is 0 Å². The van der Waals surface area contributed by atoms with Crippen molar-refractivity contribution in [2.45, 2.75) is 44.9 Å². The van der Waals surface area contributed by atoms with E-state index in [0.29, 0.717) is 31.1 Å². The summed E-state index contributed by atoms with van der Waals surface area (Å²) < 4.78 is 28.2. The van der Waals surface area contributed by atoms with Gasteiger partial charge in [0.1, 0.15) is 0 Å². The molecule has 0 radical (unpaired) electrons. The predicted molar refractivity (Wildman–Crippen MR) is 104 cm³/mol. The molecule has 146 valence electrons. The molecule has 0 saturated carbocycles. The van der Waals surface area contributed by atoms with E-state index in [1.54, 1.807) is 13.0 Å². The summed E-state index contributed by atoms with van der Waals surface area (Å²) in [4.78, 5) is 15.7. The maximum atomic E-state index is 12.7. The van der Waals surface area contributed by atoms with Crippen molar-refractivity contribution in [1.82, 2.24) is 14.5 Å². The number of piperazine rings is 1. The first-order valence-electron chi connectivity index (χ1n) is 9.09. The van der Waals surface area contributed by atoms with Gasteiger partial charge in [-0.3, -0.25) is 9.69 Å². The summed E-state index contributed by atoms with van der Waals surface area (Å²) in [7, 11) is -3.54. The Balaban J connectivity index is 1.96. The van der Waals surface area contributed by atoms with Crippen LogP contribution in [-0.4, -0.2) is 63.4 Å². The van der Waals surface area contributed by atoms with Crippen molar-refractivity contribution in [2.24, 2.45) is 0 Å². The number of carbonyl (C=O) groups excluding carboxylic acids is 1. The molecule has 0 bridgehead atoms. The van der Waals surface area contributed by atoms with Gasteiger partial charge < -0.3 is 4.90 Å².